The Morgan fingerprint density at radius 2 is 2.04 bits per heavy atom. The fourth-order valence-electron chi connectivity index (χ4n) is 2.64. The van der Waals surface area contributed by atoms with Crippen molar-refractivity contribution in [2.24, 2.45) is 0 Å². The summed E-state index contributed by atoms with van der Waals surface area (Å²) in [7, 11) is 0.365. The number of aromatic nitrogens is 4. The van der Waals surface area contributed by atoms with Crippen LogP contribution in [0.5, 0.6) is 0 Å². The maximum Gasteiger partial charge on any atom is 0.260 e. The van der Waals surface area contributed by atoms with Crippen LogP contribution in [0.25, 0.3) is 0 Å². The summed E-state index contributed by atoms with van der Waals surface area (Å²) in [5, 5.41) is 3.50. The molecule has 1 aliphatic heterocycles. The predicted octanol–water partition coefficient (Wildman–Crippen LogP) is 0.531. The van der Waals surface area contributed by atoms with Crippen LogP contribution in [-0.4, -0.2) is 65.9 Å². The van der Waals surface area contributed by atoms with Crippen LogP contribution in [-0.2, 0) is 10.0 Å². The lowest BCUT2D eigenvalue weighted by Crippen LogP contribution is -2.42. The molecule has 2 aromatic rings. The molecular formula is C14H21N7O2S. The Bertz CT molecular complexity index is 768. The molecule has 0 saturated carbocycles. The fraction of sp³-hybridized carbons (Fsp3) is 0.500. The minimum absolute atomic E-state index is 0.139. The molecule has 0 bridgehead atoms. The third-order valence-electron chi connectivity index (χ3n) is 4.01. The zero-order chi connectivity index (χ0) is 17.2. The molecule has 2 aromatic heterocycles. The van der Waals surface area contributed by atoms with Crippen LogP contribution < -0.4 is 10.2 Å². The van der Waals surface area contributed by atoms with E-state index >= 15 is 0 Å². The monoisotopic (exact) mass is 351 g/mol. The molecule has 0 amide bonds. The third-order valence-corrected chi connectivity index (χ3v) is 5.83. The van der Waals surface area contributed by atoms with Crippen LogP contribution in [0.2, 0.25) is 0 Å². The molecule has 0 spiro atoms. The van der Waals surface area contributed by atoms with E-state index in [4.69, 9.17) is 0 Å². The first-order valence-corrected chi connectivity index (χ1v) is 9.15. The van der Waals surface area contributed by atoms with E-state index in [0.29, 0.717) is 25.9 Å². The molecular weight excluding hydrogens is 330 g/mol. The summed E-state index contributed by atoms with van der Waals surface area (Å²) in [6.07, 6.45) is 5.67. The number of hydrogen-bond acceptors (Lipinski definition) is 7. The molecule has 0 atom stereocenters. The highest BCUT2D eigenvalue weighted by Gasteiger charge is 2.30. The summed E-state index contributed by atoms with van der Waals surface area (Å²) in [4.78, 5) is 16.8. The average molecular weight is 351 g/mol. The van der Waals surface area contributed by atoms with Gasteiger partial charge < -0.3 is 15.2 Å². The summed E-state index contributed by atoms with van der Waals surface area (Å²) in [5.74, 6) is 1.58. The van der Waals surface area contributed by atoms with Crippen molar-refractivity contribution in [2.45, 2.75) is 23.9 Å². The van der Waals surface area contributed by atoms with Crippen LogP contribution >= 0.6 is 0 Å². The minimum atomic E-state index is -3.48. The van der Waals surface area contributed by atoms with Crippen molar-refractivity contribution >= 4 is 21.7 Å². The van der Waals surface area contributed by atoms with Crippen molar-refractivity contribution in [1.82, 2.24) is 24.2 Å². The highest BCUT2D eigenvalue weighted by molar-refractivity contribution is 7.89. The second kappa shape index (κ2) is 6.73. The maximum atomic E-state index is 12.4. The van der Waals surface area contributed by atoms with E-state index < -0.39 is 10.0 Å². The molecule has 10 heteroatoms. The Labute approximate surface area is 141 Å². The van der Waals surface area contributed by atoms with Crippen molar-refractivity contribution in [1.29, 1.82) is 0 Å². The van der Waals surface area contributed by atoms with Crippen molar-refractivity contribution in [3.63, 3.8) is 0 Å². The van der Waals surface area contributed by atoms with Gasteiger partial charge >= 0.3 is 0 Å². The van der Waals surface area contributed by atoms with E-state index in [-0.39, 0.29) is 11.1 Å². The number of aromatic amines is 1. The van der Waals surface area contributed by atoms with Crippen molar-refractivity contribution in [3.8, 4) is 0 Å². The first-order chi connectivity index (χ1) is 11.5. The second-order valence-electron chi connectivity index (χ2n) is 5.89. The van der Waals surface area contributed by atoms with Crippen LogP contribution in [0.1, 0.15) is 12.8 Å². The van der Waals surface area contributed by atoms with Gasteiger partial charge in [0.2, 0.25) is 0 Å². The number of rotatable bonds is 5. The van der Waals surface area contributed by atoms with Gasteiger partial charge in [-0.1, -0.05) is 0 Å². The van der Waals surface area contributed by atoms with E-state index in [9.17, 15) is 8.42 Å². The smallest absolute Gasteiger partial charge is 0.260 e. The molecule has 1 saturated heterocycles. The van der Waals surface area contributed by atoms with Gasteiger partial charge in [0.15, 0.2) is 5.03 Å². The van der Waals surface area contributed by atoms with Gasteiger partial charge in [-0.3, -0.25) is 0 Å². The summed E-state index contributed by atoms with van der Waals surface area (Å²) in [5.41, 5.74) is 0. The van der Waals surface area contributed by atoms with Gasteiger partial charge in [-0.25, -0.2) is 23.4 Å². The molecule has 0 aliphatic carbocycles. The fourth-order valence-corrected chi connectivity index (χ4v) is 4.01. The minimum Gasteiger partial charge on any atom is -0.367 e. The molecule has 3 rings (SSSR count). The first kappa shape index (κ1) is 16.7. The van der Waals surface area contributed by atoms with E-state index in [1.165, 1.54) is 23.2 Å². The average Bonchev–Trinajstić information content (AvgIpc) is 3.11. The zero-order valence-electron chi connectivity index (χ0n) is 13.7. The summed E-state index contributed by atoms with van der Waals surface area (Å²) >= 11 is 0. The van der Waals surface area contributed by atoms with Crippen molar-refractivity contribution in [2.75, 3.05) is 37.4 Å². The molecule has 0 unspecified atom stereocenters. The van der Waals surface area contributed by atoms with Crippen molar-refractivity contribution < 1.29 is 8.42 Å². The summed E-state index contributed by atoms with van der Waals surface area (Å²) < 4.78 is 26.4. The molecule has 0 aromatic carbocycles. The molecule has 24 heavy (non-hydrogen) atoms. The largest absolute Gasteiger partial charge is 0.367 e. The molecule has 130 valence electrons. The normalized spacial score (nSPS) is 16.9. The summed E-state index contributed by atoms with van der Waals surface area (Å²) in [6, 6.07) is 2.07. The Morgan fingerprint density at radius 1 is 1.29 bits per heavy atom. The Hall–Kier alpha value is -2.20. The highest BCUT2D eigenvalue weighted by Crippen LogP contribution is 2.21. The molecule has 1 aliphatic rings. The second-order valence-corrected chi connectivity index (χ2v) is 7.80. The summed E-state index contributed by atoms with van der Waals surface area (Å²) in [6.45, 7) is 0.926. The third kappa shape index (κ3) is 3.49. The zero-order valence-corrected chi connectivity index (χ0v) is 14.5. The van der Waals surface area contributed by atoms with Gasteiger partial charge in [-0.2, -0.15) is 4.31 Å². The first-order valence-electron chi connectivity index (χ1n) is 7.71. The maximum absolute atomic E-state index is 12.4. The lowest BCUT2D eigenvalue weighted by molar-refractivity contribution is 0.328. The SMILES string of the molecule is CN(C)c1cc(NC2CCN(S(=O)(=O)c3cnc[nH]3)CC2)ncn1. The van der Waals surface area contributed by atoms with Crippen LogP contribution in [0.3, 0.4) is 0 Å². The van der Waals surface area contributed by atoms with Gasteiger partial charge in [0.05, 0.1) is 12.5 Å². The van der Waals surface area contributed by atoms with Crippen LogP contribution in [0.4, 0.5) is 11.6 Å². The number of sulfonamides is 1. The number of nitrogens with one attached hydrogen (secondary N) is 2. The van der Waals surface area contributed by atoms with E-state index in [2.05, 4.69) is 25.3 Å². The number of imidazole rings is 1. The van der Waals surface area contributed by atoms with Gasteiger partial charge in [0, 0.05) is 39.3 Å². The van der Waals surface area contributed by atoms with Crippen LogP contribution in [0.15, 0.2) is 29.9 Å². The van der Waals surface area contributed by atoms with Gasteiger partial charge in [0.1, 0.15) is 18.0 Å². The van der Waals surface area contributed by atoms with E-state index in [1.807, 2.05) is 25.1 Å². The molecule has 3 heterocycles. The van der Waals surface area contributed by atoms with Gasteiger partial charge in [-0.15, -0.1) is 0 Å². The molecule has 0 radical (unpaired) electrons. The number of anilines is 2. The van der Waals surface area contributed by atoms with E-state index in [1.54, 1.807) is 0 Å². The Balaban J connectivity index is 1.61. The Kier molecular flexibility index (Phi) is 4.67. The standard InChI is InChI=1S/C14H21N7O2S/c1-20(2)13-7-12(16-10-17-13)19-11-3-5-21(6-4-11)24(22,23)14-8-15-9-18-14/h7-11H,3-6H2,1-2H3,(H,15,18)(H,16,17,19). The van der Waals surface area contributed by atoms with Crippen LogP contribution in [0, 0.1) is 0 Å². The molecule has 9 nitrogen and oxygen atoms in total. The highest BCUT2D eigenvalue weighted by atomic mass is 32.2. The molecule has 1 fully saturated rings. The molecule has 2 N–H and O–H groups in total. The topological polar surface area (TPSA) is 107 Å². The van der Waals surface area contributed by atoms with Gasteiger partial charge in [0.25, 0.3) is 10.0 Å². The predicted molar refractivity (Wildman–Crippen MR) is 90.4 cm³/mol. The van der Waals surface area contributed by atoms with E-state index in [0.717, 1.165) is 11.6 Å². The number of H-pyrrole nitrogens is 1. The lowest BCUT2D eigenvalue weighted by Gasteiger charge is -2.31. The Morgan fingerprint density at radius 3 is 2.67 bits per heavy atom. The number of piperidine rings is 1. The van der Waals surface area contributed by atoms with Crippen molar-refractivity contribution in [3.05, 3.63) is 24.9 Å². The quantitative estimate of drug-likeness (QED) is 0.809. The number of nitrogens with zero attached hydrogens (tertiary/aromatic N) is 5. The lowest BCUT2D eigenvalue weighted by atomic mass is 10.1. The van der Waals surface area contributed by atoms with Gasteiger partial charge in [-0.05, 0) is 12.8 Å². The number of hydrogen-bond donors (Lipinski definition) is 2.